The van der Waals surface area contributed by atoms with Crippen molar-refractivity contribution in [2.75, 3.05) is 7.11 Å². The lowest BCUT2D eigenvalue weighted by Crippen LogP contribution is -1.86. The maximum absolute atomic E-state index is 5.37. The highest BCUT2D eigenvalue weighted by Crippen LogP contribution is 2.35. The molecule has 0 bridgehead atoms. The number of aromatic amines is 1. The van der Waals surface area contributed by atoms with Gasteiger partial charge in [-0.1, -0.05) is 12.1 Å². The average molecular weight is 347 g/mol. The summed E-state index contributed by atoms with van der Waals surface area (Å²) < 4.78 is 5.37. The number of imidazole rings is 1. The summed E-state index contributed by atoms with van der Waals surface area (Å²) in [6.07, 6.45) is 3.58. The van der Waals surface area contributed by atoms with Crippen LogP contribution >= 0.6 is 11.3 Å². The molecule has 0 aliphatic rings. The Bertz CT molecular complexity index is 1000. The Balaban J connectivity index is 1.90. The molecule has 124 valence electrons. The predicted molar refractivity (Wildman–Crippen MR) is 102 cm³/mol. The molecular weight excluding hydrogens is 330 g/mol. The number of thiophene rings is 1. The van der Waals surface area contributed by atoms with Crippen LogP contribution in [0.5, 0.6) is 5.75 Å². The highest BCUT2D eigenvalue weighted by Gasteiger charge is 2.16. The number of hydrogen-bond acceptors (Lipinski definition) is 4. The highest BCUT2D eigenvalue weighted by atomic mass is 32.1. The van der Waals surface area contributed by atoms with Gasteiger partial charge in [-0.05, 0) is 48.2 Å². The molecule has 0 fully saturated rings. The van der Waals surface area contributed by atoms with E-state index in [1.54, 1.807) is 30.8 Å². The number of rotatable bonds is 4. The molecule has 0 saturated heterocycles. The normalized spacial score (nSPS) is 10.8. The van der Waals surface area contributed by atoms with Gasteiger partial charge in [0.25, 0.3) is 0 Å². The Morgan fingerprint density at radius 2 is 1.88 bits per heavy atom. The molecule has 0 unspecified atom stereocenters. The molecule has 25 heavy (non-hydrogen) atoms. The van der Waals surface area contributed by atoms with E-state index >= 15 is 0 Å². The molecule has 0 saturated carbocycles. The standard InChI is InChI=1S/C20H17N3OS/c1-13-10-17(25-12-13)20-22-18(14-6-8-21-9-7-14)19(23-20)15-4-3-5-16(11-15)24-2/h3-12H,1-2H3,(H,22,23). The molecule has 5 heteroatoms. The van der Waals surface area contributed by atoms with E-state index in [0.29, 0.717) is 0 Å². The quantitative estimate of drug-likeness (QED) is 0.553. The SMILES string of the molecule is COc1cccc(-c2nc(-c3cc(C)cs3)[nH]c2-c2ccncc2)c1. The zero-order chi connectivity index (χ0) is 17.2. The topological polar surface area (TPSA) is 50.8 Å². The molecular formula is C20H17N3OS. The van der Waals surface area contributed by atoms with Gasteiger partial charge in [-0.2, -0.15) is 0 Å². The number of nitrogens with one attached hydrogen (secondary N) is 1. The third-order valence-corrected chi connectivity index (χ3v) is 5.03. The van der Waals surface area contributed by atoms with Gasteiger partial charge in [0.1, 0.15) is 11.6 Å². The van der Waals surface area contributed by atoms with E-state index in [1.807, 2.05) is 36.4 Å². The number of ether oxygens (including phenoxy) is 1. The number of pyridine rings is 1. The number of aryl methyl sites for hydroxylation is 1. The van der Waals surface area contributed by atoms with Gasteiger partial charge in [-0.3, -0.25) is 4.98 Å². The Kier molecular flexibility index (Phi) is 4.07. The minimum Gasteiger partial charge on any atom is -0.497 e. The molecule has 0 radical (unpaired) electrons. The van der Waals surface area contributed by atoms with Crippen LogP contribution in [0.4, 0.5) is 0 Å². The monoisotopic (exact) mass is 347 g/mol. The van der Waals surface area contributed by atoms with Gasteiger partial charge < -0.3 is 9.72 Å². The lowest BCUT2D eigenvalue weighted by atomic mass is 10.1. The summed E-state index contributed by atoms with van der Waals surface area (Å²) in [4.78, 5) is 13.6. The maximum atomic E-state index is 5.37. The molecule has 1 aromatic carbocycles. The summed E-state index contributed by atoms with van der Waals surface area (Å²) in [5.41, 5.74) is 5.20. The van der Waals surface area contributed by atoms with Crippen LogP contribution in [0.15, 0.2) is 60.2 Å². The van der Waals surface area contributed by atoms with Crippen LogP contribution in [0.25, 0.3) is 33.2 Å². The van der Waals surface area contributed by atoms with Crippen LogP contribution < -0.4 is 4.74 Å². The Morgan fingerprint density at radius 3 is 2.60 bits per heavy atom. The number of nitrogens with zero attached hydrogens (tertiary/aromatic N) is 2. The number of H-pyrrole nitrogens is 1. The molecule has 1 N–H and O–H groups in total. The number of methoxy groups -OCH3 is 1. The Hall–Kier alpha value is -2.92. The second-order valence-corrected chi connectivity index (χ2v) is 6.68. The maximum Gasteiger partial charge on any atom is 0.148 e. The lowest BCUT2D eigenvalue weighted by molar-refractivity contribution is 0.415. The van der Waals surface area contributed by atoms with Gasteiger partial charge in [-0.15, -0.1) is 11.3 Å². The smallest absolute Gasteiger partial charge is 0.148 e. The van der Waals surface area contributed by atoms with E-state index in [0.717, 1.165) is 39.0 Å². The lowest BCUT2D eigenvalue weighted by Gasteiger charge is -2.05. The largest absolute Gasteiger partial charge is 0.497 e. The van der Waals surface area contributed by atoms with E-state index in [9.17, 15) is 0 Å². The predicted octanol–water partition coefficient (Wildman–Crippen LogP) is 5.18. The molecule has 0 atom stereocenters. The first-order chi connectivity index (χ1) is 12.2. The summed E-state index contributed by atoms with van der Waals surface area (Å²) in [5.74, 6) is 1.69. The van der Waals surface area contributed by atoms with Crippen LogP contribution in [-0.2, 0) is 0 Å². The molecule has 4 rings (SSSR count). The second kappa shape index (κ2) is 6.53. The summed E-state index contributed by atoms with van der Waals surface area (Å²) in [6.45, 7) is 2.09. The van der Waals surface area contributed by atoms with E-state index in [1.165, 1.54) is 5.56 Å². The fraction of sp³-hybridized carbons (Fsp3) is 0.100. The fourth-order valence-corrected chi connectivity index (χ4v) is 3.60. The Labute approximate surface area is 150 Å². The van der Waals surface area contributed by atoms with E-state index < -0.39 is 0 Å². The van der Waals surface area contributed by atoms with Gasteiger partial charge in [-0.25, -0.2) is 4.98 Å². The van der Waals surface area contributed by atoms with Gasteiger partial charge in [0.15, 0.2) is 0 Å². The van der Waals surface area contributed by atoms with E-state index in [4.69, 9.17) is 9.72 Å². The Morgan fingerprint density at radius 1 is 1.04 bits per heavy atom. The van der Waals surface area contributed by atoms with Crippen molar-refractivity contribution in [1.29, 1.82) is 0 Å². The third-order valence-electron chi connectivity index (χ3n) is 3.98. The van der Waals surface area contributed by atoms with Gasteiger partial charge >= 0.3 is 0 Å². The third kappa shape index (κ3) is 3.06. The van der Waals surface area contributed by atoms with Crippen molar-refractivity contribution < 1.29 is 4.74 Å². The minimum atomic E-state index is 0.815. The second-order valence-electron chi connectivity index (χ2n) is 5.77. The van der Waals surface area contributed by atoms with E-state index in [-0.39, 0.29) is 0 Å². The molecule has 3 aromatic heterocycles. The van der Waals surface area contributed by atoms with Crippen molar-refractivity contribution in [1.82, 2.24) is 15.0 Å². The van der Waals surface area contributed by atoms with Crippen molar-refractivity contribution in [2.24, 2.45) is 0 Å². The molecule has 4 nitrogen and oxygen atoms in total. The van der Waals surface area contributed by atoms with E-state index in [2.05, 4.69) is 28.3 Å². The first-order valence-electron chi connectivity index (χ1n) is 7.95. The van der Waals surface area contributed by atoms with Crippen LogP contribution in [0.1, 0.15) is 5.56 Å². The zero-order valence-electron chi connectivity index (χ0n) is 14.0. The van der Waals surface area contributed by atoms with Crippen molar-refractivity contribution in [3.05, 3.63) is 65.8 Å². The summed E-state index contributed by atoms with van der Waals surface area (Å²) in [6, 6.07) is 14.1. The average Bonchev–Trinajstić information content (AvgIpc) is 3.29. The molecule has 0 spiro atoms. The number of benzene rings is 1. The van der Waals surface area contributed by atoms with Crippen molar-refractivity contribution >= 4 is 11.3 Å². The van der Waals surface area contributed by atoms with Crippen LogP contribution in [0, 0.1) is 6.92 Å². The van der Waals surface area contributed by atoms with Crippen molar-refractivity contribution in [2.45, 2.75) is 6.92 Å². The zero-order valence-corrected chi connectivity index (χ0v) is 14.8. The van der Waals surface area contributed by atoms with Gasteiger partial charge in [0.05, 0.1) is 23.4 Å². The molecule has 0 amide bonds. The van der Waals surface area contributed by atoms with Crippen molar-refractivity contribution in [3.8, 4) is 39.0 Å². The van der Waals surface area contributed by atoms with Crippen LogP contribution in [-0.4, -0.2) is 22.1 Å². The molecule has 0 aliphatic carbocycles. The molecule has 0 aliphatic heterocycles. The molecule has 4 aromatic rings. The summed E-state index contributed by atoms with van der Waals surface area (Å²) >= 11 is 1.69. The van der Waals surface area contributed by atoms with Crippen molar-refractivity contribution in [3.63, 3.8) is 0 Å². The summed E-state index contributed by atoms with van der Waals surface area (Å²) in [5, 5.41) is 2.13. The van der Waals surface area contributed by atoms with Crippen LogP contribution in [0.2, 0.25) is 0 Å². The number of hydrogen-bond donors (Lipinski definition) is 1. The highest BCUT2D eigenvalue weighted by molar-refractivity contribution is 7.13. The van der Waals surface area contributed by atoms with Gasteiger partial charge in [0.2, 0.25) is 0 Å². The first kappa shape index (κ1) is 15.6. The minimum absolute atomic E-state index is 0.815. The van der Waals surface area contributed by atoms with Gasteiger partial charge in [0, 0.05) is 23.5 Å². The molecule has 3 heterocycles. The first-order valence-corrected chi connectivity index (χ1v) is 8.83. The van der Waals surface area contributed by atoms with Crippen LogP contribution in [0.3, 0.4) is 0 Å². The summed E-state index contributed by atoms with van der Waals surface area (Å²) in [7, 11) is 1.67. The number of aromatic nitrogens is 3. The fourth-order valence-electron chi connectivity index (χ4n) is 2.75.